The van der Waals surface area contributed by atoms with Crippen molar-refractivity contribution in [3.63, 3.8) is 0 Å². The molecule has 0 aliphatic carbocycles. The molecular weight excluding hydrogens is 396 g/mol. The van der Waals surface area contributed by atoms with Crippen molar-refractivity contribution in [2.75, 3.05) is 18.0 Å². The van der Waals surface area contributed by atoms with Crippen LogP contribution in [0.15, 0.2) is 54.6 Å². The molecule has 1 atom stereocenters. The van der Waals surface area contributed by atoms with E-state index < -0.39 is 0 Å². The number of amides is 1. The standard InChI is InChI=1S/C24H27ClN4O/c1-24(2,3)18-8-4-17(5-9-18)23(30)26-20-12-13-29(15-20)22-14-21(27-28-22)16-6-10-19(25)11-7-16/h4-11,14,20H,12-13,15H2,1-3H3,(H,26,30)(H,27,28). The van der Waals surface area contributed by atoms with Gasteiger partial charge < -0.3 is 10.2 Å². The van der Waals surface area contributed by atoms with Gasteiger partial charge in [-0.2, -0.15) is 5.10 Å². The van der Waals surface area contributed by atoms with Gasteiger partial charge in [-0.1, -0.05) is 56.6 Å². The molecule has 2 heterocycles. The van der Waals surface area contributed by atoms with E-state index in [-0.39, 0.29) is 17.4 Å². The Morgan fingerprint density at radius 1 is 1.13 bits per heavy atom. The van der Waals surface area contributed by atoms with Crippen molar-refractivity contribution in [3.8, 4) is 11.3 Å². The molecule has 2 N–H and O–H groups in total. The summed E-state index contributed by atoms with van der Waals surface area (Å²) in [5, 5.41) is 11.4. The Morgan fingerprint density at radius 3 is 2.50 bits per heavy atom. The number of H-pyrrole nitrogens is 1. The lowest BCUT2D eigenvalue weighted by molar-refractivity contribution is 0.0940. The van der Waals surface area contributed by atoms with Crippen LogP contribution in [0.2, 0.25) is 5.02 Å². The van der Waals surface area contributed by atoms with Crippen LogP contribution in [-0.4, -0.2) is 35.2 Å². The molecule has 156 valence electrons. The van der Waals surface area contributed by atoms with E-state index in [4.69, 9.17) is 11.6 Å². The third kappa shape index (κ3) is 4.51. The smallest absolute Gasteiger partial charge is 0.251 e. The van der Waals surface area contributed by atoms with Gasteiger partial charge in [-0.25, -0.2) is 0 Å². The Kier molecular flexibility index (Phi) is 5.56. The van der Waals surface area contributed by atoms with Gasteiger partial charge in [0, 0.05) is 35.8 Å². The summed E-state index contributed by atoms with van der Waals surface area (Å²) in [5.41, 5.74) is 4.00. The van der Waals surface area contributed by atoms with Gasteiger partial charge in [0.05, 0.1) is 5.69 Å². The van der Waals surface area contributed by atoms with Crippen molar-refractivity contribution < 1.29 is 4.79 Å². The molecule has 1 saturated heterocycles. The highest BCUT2D eigenvalue weighted by molar-refractivity contribution is 6.30. The molecule has 0 radical (unpaired) electrons. The fourth-order valence-corrected chi connectivity index (χ4v) is 3.85. The molecular formula is C24H27ClN4O. The van der Waals surface area contributed by atoms with Crippen LogP contribution >= 0.6 is 11.6 Å². The zero-order valence-electron chi connectivity index (χ0n) is 17.6. The van der Waals surface area contributed by atoms with E-state index >= 15 is 0 Å². The van der Waals surface area contributed by atoms with E-state index in [0.717, 1.165) is 36.6 Å². The molecule has 1 unspecified atom stereocenters. The maximum atomic E-state index is 12.7. The van der Waals surface area contributed by atoms with Gasteiger partial charge in [-0.05, 0) is 47.2 Å². The first-order chi connectivity index (χ1) is 14.3. The zero-order chi connectivity index (χ0) is 21.3. The van der Waals surface area contributed by atoms with E-state index in [1.807, 2.05) is 54.6 Å². The van der Waals surface area contributed by atoms with Crippen LogP contribution in [0.25, 0.3) is 11.3 Å². The summed E-state index contributed by atoms with van der Waals surface area (Å²) in [6.45, 7) is 8.11. The number of hydrogen-bond donors (Lipinski definition) is 2. The number of hydrogen-bond acceptors (Lipinski definition) is 3. The lowest BCUT2D eigenvalue weighted by Gasteiger charge is -2.19. The van der Waals surface area contributed by atoms with E-state index in [2.05, 4.69) is 41.2 Å². The number of nitrogens with zero attached hydrogens (tertiary/aromatic N) is 2. The second-order valence-corrected chi connectivity index (χ2v) is 9.32. The van der Waals surface area contributed by atoms with Crippen molar-refractivity contribution in [1.82, 2.24) is 15.5 Å². The number of aromatic amines is 1. The van der Waals surface area contributed by atoms with Crippen molar-refractivity contribution >= 4 is 23.3 Å². The number of carbonyl (C=O) groups excluding carboxylic acids is 1. The number of benzene rings is 2. The summed E-state index contributed by atoms with van der Waals surface area (Å²) in [4.78, 5) is 14.9. The molecule has 6 heteroatoms. The first-order valence-electron chi connectivity index (χ1n) is 10.3. The average molecular weight is 423 g/mol. The minimum absolute atomic E-state index is 0.0220. The fraction of sp³-hybridized carbons (Fsp3) is 0.333. The Balaban J connectivity index is 1.37. The molecule has 1 aliphatic rings. The van der Waals surface area contributed by atoms with Crippen molar-refractivity contribution in [1.29, 1.82) is 0 Å². The fourth-order valence-electron chi connectivity index (χ4n) is 3.73. The maximum Gasteiger partial charge on any atom is 0.251 e. The molecule has 1 aromatic heterocycles. The first-order valence-corrected chi connectivity index (χ1v) is 10.6. The van der Waals surface area contributed by atoms with Crippen LogP contribution < -0.4 is 10.2 Å². The van der Waals surface area contributed by atoms with Crippen molar-refractivity contribution in [2.24, 2.45) is 0 Å². The number of anilines is 1. The minimum Gasteiger partial charge on any atom is -0.353 e. The number of rotatable bonds is 4. The maximum absolute atomic E-state index is 12.7. The molecule has 2 aromatic carbocycles. The lowest BCUT2D eigenvalue weighted by atomic mass is 9.86. The molecule has 5 nitrogen and oxygen atoms in total. The quantitative estimate of drug-likeness (QED) is 0.619. The number of halogens is 1. The Hall–Kier alpha value is -2.79. The predicted octanol–water partition coefficient (Wildman–Crippen LogP) is 5.04. The van der Waals surface area contributed by atoms with Crippen molar-refractivity contribution in [2.45, 2.75) is 38.6 Å². The predicted molar refractivity (Wildman–Crippen MR) is 122 cm³/mol. The molecule has 4 rings (SSSR count). The molecule has 0 saturated carbocycles. The van der Waals surface area contributed by atoms with Crippen molar-refractivity contribution in [3.05, 3.63) is 70.7 Å². The SMILES string of the molecule is CC(C)(C)c1ccc(C(=O)NC2CCN(c3cc(-c4ccc(Cl)cc4)[nH]n3)C2)cc1. The Bertz CT molecular complexity index is 1020. The topological polar surface area (TPSA) is 61.0 Å². The summed E-state index contributed by atoms with van der Waals surface area (Å²) in [6.07, 6.45) is 0.898. The van der Waals surface area contributed by atoms with Gasteiger partial charge >= 0.3 is 0 Å². The first kappa shape index (κ1) is 20.5. The van der Waals surface area contributed by atoms with E-state index in [9.17, 15) is 4.79 Å². The highest BCUT2D eigenvalue weighted by Gasteiger charge is 2.26. The van der Waals surface area contributed by atoms with Crippen LogP contribution in [0, 0.1) is 0 Å². The molecule has 1 fully saturated rings. The second kappa shape index (κ2) is 8.15. The van der Waals surface area contributed by atoms with E-state index in [0.29, 0.717) is 10.6 Å². The summed E-state index contributed by atoms with van der Waals surface area (Å²) < 4.78 is 0. The van der Waals surface area contributed by atoms with Gasteiger partial charge in [0.2, 0.25) is 0 Å². The zero-order valence-corrected chi connectivity index (χ0v) is 18.3. The largest absolute Gasteiger partial charge is 0.353 e. The third-order valence-electron chi connectivity index (χ3n) is 5.58. The van der Waals surface area contributed by atoms with Gasteiger partial charge in [-0.15, -0.1) is 0 Å². The van der Waals surface area contributed by atoms with Crippen LogP contribution in [0.5, 0.6) is 0 Å². The minimum atomic E-state index is -0.0220. The van der Waals surface area contributed by atoms with Crippen LogP contribution in [0.3, 0.4) is 0 Å². The number of nitrogens with one attached hydrogen (secondary N) is 2. The monoisotopic (exact) mass is 422 g/mol. The molecule has 1 aliphatic heterocycles. The van der Waals surface area contributed by atoms with Gasteiger partial charge in [0.15, 0.2) is 5.82 Å². The second-order valence-electron chi connectivity index (χ2n) is 8.88. The van der Waals surface area contributed by atoms with Crippen LogP contribution in [0.4, 0.5) is 5.82 Å². The molecule has 0 bridgehead atoms. The van der Waals surface area contributed by atoms with Crippen LogP contribution in [0.1, 0.15) is 43.1 Å². The summed E-state index contributed by atoms with van der Waals surface area (Å²) in [6, 6.07) is 17.7. The van der Waals surface area contributed by atoms with E-state index in [1.54, 1.807) is 0 Å². The molecule has 3 aromatic rings. The number of carbonyl (C=O) groups is 1. The highest BCUT2D eigenvalue weighted by Crippen LogP contribution is 2.26. The lowest BCUT2D eigenvalue weighted by Crippen LogP contribution is -2.37. The highest BCUT2D eigenvalue weighted by atomic mass is 35.5. The molecule has 30 heavy (non-hydrogen) atoms. The third-order valence-corrected chi connectivity index (χ3v) is 5.83. The van der Waals surface area contributed by atoms with Gasteiger partial charge in [0.1, 0.15) is 0 Å². The van der Waals surface area contributed by atoms with E-state index in [1.165, 1.54) is 5.56 Å². The molecule has 0 spiro atoms. The number of aromatic nitrogens is 2. The Morgan fingerprint density at radius 2 is 1.83 bits per heavy atom. The van der Waals surface area contributed by atoms with Gasteiger partial charge in [-0.3, -0.25) is 9.89 Å². The molecule has 1 amide bonds. The normalized spacial score (nSPS) is 16.7. The summed E-state index contributed by atoms with van der Waals surface area (Å²) >= 11 is 5.97. The average Bonchev–Trinajstić information content (AvgIpc) is 3.37. The summed E-state index contributed by atoms with van der Waals surface area (Å²) in [7, 11) is 0. The Labute approximate surface area is 182 Å². The van der Waals surface area contributed by atoms with Crippen LogP contribution in [-0.2, 0) is 5.41 Å². The van der Waals surface area contributed by atoms with Gasteiger partial charge in [0.25, 0.3) is 5.91 Å². The summed E-state index contributed by atoms with van der Waals surface area (Å²) in [5.74, 6) is 0.873.